The minimum atomic E-state index is 0.992. The smallest absolute Gasteiger partial charge is 0.116 e. The van der Waals surface area contributed by atoms with Gasteiger partial charge in [-0.3, -0.25) is 0 Å². The Morgan fingerprint density at radius 2 is 1.96 bits per heavy atom. The predicted octanol–water partition coefficient (Wildman–Crippen LogP) is 5.00. The fourth-order valence-corrected chi connectivity index (χ4v) is 4.33. The molecule has 3 heterocycles. The molecule has 0 unspecified atom stereocenters. The molecule has 0 aliphatic carbocycles. The third kappa shape index (κ3) is 1.82. The molecule has 5 rings (SSSR count). The van der Waals surface area contributed by atoms with E-state index >= 15 is 0 Å². The van der Waals surface area contributed by atoms with Gasteiger partial charge in [-0.1, -0.05) is 18.2 Å². The van der Waals surface area contributed by atoms with Crippen molar-refractivity contribution in [2.24, 2.45) is 7.05 Å². The summed E-state index contributed by atoms with van der Waals surface area (Å²) in [4.78, 5) is 9.93. The van der Waals surface area contributed by atoms with Crippen molar-refractivity contribution in [3.63, 3.8) is 0 Å². The molecule has 0 saturated heterocycles. The lowest BCUT2D eigenvalue weighted by Gasteiger charge is -2.07. The molecule has 110 valence electrons. The van der Waals surface area contributed by atoms with Crippen molar-refractivity contribution >= 4 is 43.2 Å². The first-order valence-electron chi connectivity index (χ1n) is 7.48. The van der Waals surface area contributed by atoms with Crippen molar-refractivity contribution < 1.29 is 0 Å². The van der Waals surface area contributed by atoms with Gasteiger partial charge in [0.05, 0.1) is 11.0 Å². The number of hydrogen-bond acceptors (Lipinski definition) is 3. The third-order valence-electron chi connectivity index (χ3n) is 4.33. The summed E-state index contributed by atoms with van der Waals surface area (Å²) >= 11 is 1.83. The Bertz CT molecular complexity index is 1150. The molecule has 3 aromatic heterocycles. The van der Waals surface area contributed by atoms with Crippen molar-refractivity contribution in [1.29, 1.82) is 0 Å². The minimum absolute atomic E-state index is 0.992. The summed E-state index contributed by atoms with van der Waals surface area (Å²) in [5.41, 5.74) is 3.46. The van der Waals surface area contributed by atoms with Crippen LogP contribution in [0.15, 0.2) is 61.2 Å². The van der Waals surface area contributed by atoms with E-state index in [0.29, 0.717) is 0 Å². The van der Waals surface area contributed by atoms with Crippen LogP contribution in [0.4, 0.5) is 0 Å². The highest BCUT2D eigenvalue weighted by molar-refractivity contribution is 7.22. The molecule has 0 radical (unpaired) electrons. The Balaban J connectivity index is 1.93. The number of thiophene rings is 1. The van der Waals surface area contributed by atoms with Gasteiger partial charge in [0.25, 0.3) is 0 Å². The number of aromatic nitrogens is 3. The van der Waals surface area contributed by atoms with Gasteiger partial charge in [0.15, 0.2) is 0 Å². The summed E-state index contributed by atoms with van der Waals surface area (Å²) in [6.45, 7) is 0. The number of rotatable bonds is 1. The normalized spacial score (nSPS) is 11.7. The molecule has 0 fully saturated rings. The molecule has 2 aromatic carbocycles. The lowest BCUT2D eigenvalue weighted by molar-refractivity contribution is 0.970. The molecule has 0 spiro atoms. The average Bonchev–Trinajstić information content (AvgIpc) is 3.18. The van der Waals surface area contributed by atoms with Gasteiger partial charge in [-0.15, -0.1) is 11.3 Å². The summed E-state index contributed by atoms with van der Waals surface area (Å²) in [6.07, 6.45) is 5.62. The Labute approximate surface area is 136 Å². The zero-order valence-electron chi connectivity index (χ0n) is 12.5. The van der Waals surface area contributed by atoms with E-state index < -0.39 is 0 Å². The molecule has 3 nitrogen and oxygen atoms in total. The van der Waals surface area contributed by atoms with Crippen molar-refractivity contribution in [3.05, 3.63) is 61.2 Å². The predicted molar refractivity (Wildman–Crippen MR) is 96.8 cm³/mol. The van der Waals surface area contributed by atoms with Gasteiger partial charge in [0.1, 0.15) is 6.33 Å². The van der Waals surface area contributed by atoms with E-state index in [-0.39, 0.29) is 0 Å². The maximum absolute atomic E-state index is 4.46. The monoisotopic (exact) mass is 315 g/mol. The second-order valence-electron chi connectivity index (χ2n) is 5.72. The van der Waals surface area contributed by atoms with Gasteiger partial charge in [0, 0.05) is 45.4 Å². The summed E-state index contributed by atoms with van der Waals surface area (Å²) in [5.74, 6) is 0. The van der Waals surface area contributed by atoms with Crippen LogP contribution in [0.2, 0.25) is 0 Å². The Hall–Kier alpha value is -2.72. The number of nitrogens with zero attached hydrogens (tertiary/aromatic N) is 3. The van der Waals surface area contributed by atoms with Crippen LogP contribution >= 0.6 is 11.3 Å². The molecule has 0 amide bonds. The van der Waals surface area contributed by atoms with Crippen LogP contribution in [0.5, 0.6) is 0 Å². The molecule has 0 aliphatic rings. The van der Waals surface area contributed by atoms with Crippen LogP contribution in [0.1, 0.15) is 0 Å². The second kappa shape index (κ2) is 4.64. The van der Waals surface area contributed by atoms with Gasteiger partial charge in [-0.25, -0.2) is 9.97 Å². The lowest BCUT2D eigenvalue weighted by Crippen LogP contribution is -1.90. The Kier molecular flexibility index (Phi) is 2.58. The first-order valence-corrected chi connectivity index (χ1v) is 8.29. The van der Waals surface area contributed by atoms with Crippen LogP contribution in [0.25, 0.3) is 42.3 Å². The molecular weight excluding hydrogens is 302 g/mol. The number of benzene rings is 2. The highest BCUT2D eigenvalue weighted by Crippen LogP contribution is 2.39. The van der Waals surface area contributed by atoms with Crippen LogP contribution in [-0.4, -0.2) is 14.5 Å². The third-order valence-corrected chi connectivity index (χ3v) is 5.48. The van der Waals surface area contributed by atoms with E-state index in [2.05, 4.69) is 70.2 Å². The Morgan fingerprint density at radius 3 is 2.87 bits per heavy atom. The molecule has 0 N–H and O–H groups in total. The maximum Gasteiger partial charge on any atom is 0.116 e. The summed E-state index contributed by atoms with van der Waals surface area (Å²) < 4.78 is 3.49. The van der Waals surface area contributed by atoms with E-state index in [1.54, 1.807) is 6.33 Å². The second-order valence-corrected chi connectivity index (χ2v) is 6.80. The lowest BCUT2D eigenvalue weighted by atomic mass is 10.1. The molecular formula is C19H13N3S. The van der Waals surface area contributed by atoms with E-state index in [1.165, 1.54) is 31.4 Å². The van der Waals surface area contributed by atoms with E-state index in [0.717, 1.165) is 10.9 Å². The van der Waals surface area contributed by atoms with Gasteiger partial charge in [-0.05, 0) is 29.7 Å². The van der Waals surface area contributed by atoms with Gasteiger partial charge in [0.2, 0.25) is 0 Å². The van der Waals surface area contributed by atoms with Crippen LogP contribution in [0, 0.1) is 0 Å². The van der Waals surface area contributed by atoms with Crippen LogP contribution in [0.3, 0.4) is 0 Å². The number of hydrogen-bond donors (Lipinski definition) is 0. The number of aryl methyl sites for hydroxylation is 1. The minimum Gasteiger partial charge on any atom is -0.350 e. The fourth-order valence-electron chi connectivity index (χ4n) is 3.25. The molecule has 4 heteroatoms. The topological polar surface area (TPSA) is 30.7 Å². The fraction of sp³-hybridized carbons (Fsp3) is 0.0526. The maximum atomic E-state index is 4.46. The summed E-state index contributed by atoms with van der Waals surface area (Å²) in [5, 5.41) is 3.60. The molecule has 5 aromatic rings. The highest BCUT2D eigenvalue weighted by Gasteiger charge is 2.14. The van der Waals surface area contributed by atoms with E-state index in [9.17, 15) is 0 Å². The zero-order valence-corrected chi connectivity index (χ0v) is 13.3. The molecule has 0 saturated carbocycles. The highest BCUT2D eigenvalue weighted by atomic mass is 32.1. The summed E-state index contributed by atoms with van der Waals surface area (Å²) in [7, 11) is 2.09. The van der Waals surface area contributed by atoms with Gasteiger partial charge < -0.3 is 4.57 Å². The van der Waals surface area contributed by atoms with E-state index in [1.807, 2.05) is 17.5 Å². The summed E-state index contributed by atoms with van der Waals surface area (Å²) in [6, 6.07) is 15.1. The van der Waals surface area contributed by atoms with Crippen molar-refractivity contribution in [1.82, 2.24) is 14.5 Å². The largest absolute Gasteiger partial charge is 0.350 e. The standard InChI is InChI=1S/C19H13N3S/c1-22-7-6-13-15-10-20-11-21-16(15)9-14(19(13)22)18-8-12-4-2-3-5-17(12)23-18/h2-11H,1H3. The quantitative estimate of drug-likeness (QED) is 0.435. The molecule has 23 heavy (non-hydrogen) atoms. The number of fused-ring (bicyclic) bond motifs is 4. The molecule has 0 aliphatic heterocycles. The first-order chi connectivity index (χ1) is 11.3. The van der Waals surface area contributed by atoms with Crippen molar-refractivity contribution in [2.45, 2.75) is 0 Å². The van der Waals surface area contributed by atoms with Crippen LogP contribution < -0.4 is 0 Å². The molecule has 0 bridgehead atoms. The zero-order chi connectivity index (χ0) is 15.4. The first kappa shape index (κ1) is 12.8. The van der Waals surface area contributed by atoms with Crippen molar-refractivity contribution in [2.75, 3.05) is 0 Å². The average molecular weight is 315 g/mol. The molecule has 0 atom stereocenters. The van der Waals surface area contributed by atoms with Crippen molar-refractivity contribution in [3.8, 4) is 10.4 Å². The van der Waals surface area contributed by atoms with Gasteiger partial charge >= 0.3 is 0 Å². The Morgan fingerprint density at radius 1 is 1.04 bits per heavy atom. The van der Waals surface area contributed by atoms with E-state index in [4.69, 9.17) is 0 Å². The van der Waals surface area contributed by atoms with Gasteiger partial charge in [-0.2, -0.15) is 0 Å². The van der Waals surface area contributed by atoms with Crippen LogP contribution in [-0.2, 0) is 7.05 Å². The SMILES string of the molecule is Cn1ccc2c3cncnc3cc(-c3cc4ccccc4s3)c21.